The number of carboxylic acids is 1. The van der Waals surface area contributed by atoms with Gasteiger partial charge in [0.15, 0.2) is 9.84 Å². The van der Waals surface area contributed by atoms with E-state index in [9.17, 15) is 22.7 Å². The van der Waals surface area contributed by atoms with E-state index in [-0.39, 0.29) is 22.3 Å². The number of alkyl halides is 1. The first-order chi connectivity index (χ1) is 23.9. The average molecular weight is 729 g/mol. The minimum absolute atomic E-state index is 0.0407. The third-order valence-corrected chi connectivity index (χ3v) is 20.6. The van der Waals surface area contributed by atoms with Gasteiger partial charge in [-0.15, -0.1) is 0 Å². The Balaban J connectivity index is 1.03. The van der Waals surface area contributed by atoms with Gasteiger partial charge in [-0.25, -0.2) is 12.8 Å². The maximum atomic E-state index is 15.0. The maximum absolute atomic E-state index is 15.0. The first-order valence-electron chi connectivity index (χ1n) is 21.1. The lowest BCUT2D eigenvalue weighted by molar-refractivity contribution is -0.223. The van der Waals surface area contributed by atoms with Crippen molar-refractivity contribution in [3.05, 3.63) is 11.6 Å². The van der Waals surface area contributed by atoms with Gasteiger partial charge < -0.3 is 15.3 Å². The number of aliphatic carboxylic acids is 1. The number of hydrogen-bond acceptors (Lipinski definition) is 5. The molecule has 0 aromatic heterocycles. The Hall–Kier alpha value is -0.990. The lowest BCUT2D eigenvalue weighted by Crippen LogP contribution is -2.68. The minimum Gasteiger partial charge on any atom is -0.481 e. The molecule has 1 saturated heterocycles. The summed E-state index contributed by atoms with van der Waals surface area (Å²) < 4.78 is 39.0. The van der Waals surface area contributed by atoms with Crippen molar-refractivity contribution in [1.82, 2.24) is 10.2 Å². The maximum Gasteiger partial charge on any atom is 0.313 e. The largest absolute Gasteiger partial charge is 0.481 e. The fourth-order valence-corrected chi connectivity index (χ4v) is 17.4. The molecule has 0 aromatic carbocycles. The van der Waals surface area contributed by atoms with Crippen LogP contribution < -0.4 is 5.32 Å². The molecule has 7 aliphatic carbocycles. The number of nitrogens with zero attached hydrogens (tertiary/aromatic N) is 1. The molecule has 6 saturated carbocycles. The lowest BCUT2D eigenvalue weighted by Gasteiger charge is -2.72. The van der Waals surface area contributed by atoms with Crippen molar-refractivity contribution < 1.29 is 22.7 Å². The highest BCUT2D eigenvalue weighted by molar-refractivity contribution is 7.91. The van der Waals surface area contributed by atoms with E-state index in [4.69, 9.17) is 0 Å². The summed E-state index contributed by atoms with van der Waals surface area (Å²) in [6.45, 7) is 21.3. The summed E-state index contributed by atoms with van der Waals surface area (Å²) in [7, 11) is -2.86. The molecule has 1 heterocycles. The molecule has 0 bridgehead atoms. The van der Waals surface area contributed by atoms with Gasteiger partial charge >= 0.3 is 5.97 Å². The van der Waals surface area contributed by atoms with E-state index in [1.165, 1.54) is 56.9 Å². The second kappa shape index (κ2) is 12.0. The van der Waals surface area contributed by atoms with Crippen LogP contribution in [0, 0.1) is 74.4 Å². The van der Waals surface area contributed by atoms with Crippen LogP contribution in [0.5, 0.6) is 0 Å². The topological polar surface area (TPSA) is 86.7 Å². The van der Waals surface area contributed by atoms with Crippen molar-refractivity contribution in [3.8, 4) is 0 Å². The number of halogens is 1. The number of fused-ring (bicyclic) bond motifs is 8. The third kappa shape index (κ3) is 5.15. The molecule has 2 N–H and O–H groups in total. The molecule has 0 spiro atoms. The molecule has 2 unspecified atom stereocenters. The normalized spacial score (nSPS) is 51.4. The van der Waals surface area contributed by atoms with Gasteiger partial charge in [0.1, 0.15) is 11.6 Å². The molecule has 0 radical (unpaired) electrons. The standard InChI is InChI=1S/C43H69FN2O4S/c1-27(2)29-11-16-42(45-20-21-46-22-24-51(49,50)25-23-46)19-18-40(6)31(35(29)42)8-9-34-39(5)14-12-30(38(3,4)33(39)13-15-41(34,40)7)28-10-17-43(37(47)48)32(26-28)36(43)44/h12,27-29,31-36,45H,8-11,13-26H2,1-7H3,(H,47,48)/t28?,29-,31+,32-,33-,34+,35+,36?,39-,40+,41+,42-,43+/m0/s1. The monoisotopic (exact) mass is 728 g/mol. The zero-order chi connectivity index (χ0) is 36.6. The van der Waals surface area contributed by atoms with Crippen LogP contribution in [0.25, 0.3) is 0 Å². The molecular weight excluding hydrogens is 660 g/mol. The molecule has 6 nitrogen and oxygen atoms in total. The second-order valence-corrected chi connectivity index (χ2v) is 23.4. The predicted molar refractivity (Wildman–Crippen MR) is 202 cm³/mol. The van der Waals surface area contributed by atoms with Crippen molar-refractivity contribution in [1.29, 1.82) is 0 Å². The highest BCUT2D eigenvalue weighted by atomic mass is 32.2. The van der Waals surface area contributed by atoms with Gasteiger partial charge in [-0.05, 0) is 140 Å². The van der Waals surface area contributed by atoms with Crippen LogP contribution in [-0.4, -0.2) is 73.8 Å². The number of rotatable bonds is 7. The van der Waals surface area contributed by atoms with E-state index in [0.717, 1.165) is 37.8 Å². The molecular formula is C43H69FN2O4S. The van der Waals surface area contributed by atoms with E-state index < -0.39 is 27.4 Å². The van der Waals surface area contributed by atoms with Gasteiger partial charge in [-0.3, -0.25) is 4.79 Å². The number of carboxylic acid groups (broad SMARTS) is 1. The Morgan fingerprint density at radius 2 is 1.65 bits per heavy atom. The number of allylic oxidation sites excluding steroid dienone is 2. The van der Waals surface area contributed by atoms with E-state index in [1.807, 2.05) is 0 Å². The molecule has 288 valence electrons. The van der Waals surface area contributed by atoms with Crippen LogP contribution in [0.15, 0.2) is 11.6 Å². The Kier molecular flexibility index (Phi) is 8.70. The number of carbonyl (C=O) groups is 1. The van der Waals surface area contributed by atoms with Gasteiger partial charge in [0.25, 0.3) is 0 Å². The zero-order valence-corrected chi connectivity index (χ0v) is 33.7. The minimum atomic E-state index is -2.86. The summed E-state index contributed by atoms with van der Waals surface area (Å²) in [5.74, 6) is 3.84. The van der Waals surface area contributed by atoms with Crippen molar-refractivity contribution in [2.24, 2.45) is 74.4 Å². The predicted octanol–water partition coefficient (Wildman–Crippen LogP) is 8.17. The van der Waals surface area contributed by atoms with Crippen molar-refractivity contribution >= 4 is 15.8 Å². The van der Waals surface area contributed by atoms with Gasteiger partial charge in [0, 0.05) is 37.6 Å². The first kappa shape index (κ1) is 37.0. The number of hydrogen-bond donors (Lipinski definition) is 2. The molecule has 8 heteroatoms. The quantitative estimate of drug-likeness (QED) is 0.258. The highest BCUT2D eigenvalue weighted by Gasteiger charge is 2.74. The highest BCUT2D eigenvalue weighted by Crippen LogP contribution is 2.77. The van der Waals surface area contributed by atoms with Gasteiger partial charge in [0.2, 0.25) is 0 Å². The smallest absolute Gasteiger partial charge is 0.313 e. The Morgan fingerprint density at radius 1 is 0.922 bits per heavy atom. The molecule has 0 aromatic rings. The summed E-state index contributed by atoms with van der Waals surface area (Å²) in [6.07, 6.45) is 14.9. The Bertz CT molecular complexity index is 1550. The average Bonchev–Trinajstić information content (AvgIpc) is 3.47. The van der Waals surface area contributed by atoms with Crippen molar-refractivity contribution in [3.63, 3.8) is 0 Å². The summed E-state index contributed by atoms with van der Waals surface area (Å²) in [5.41, 5.74) is 1.50. The molecule has 8 rings (SSSR count). The van der Waals surface area contributed by atoms with Crippen LogP contribution in [0.2, 0.25) is 0 Å². The van der Waals surface area contributed by atoms with E-state index in [2.05, 4.69) is 64.8 Å². The summed E-state index contributed by atoms with van der Waals surface area (Å²) in [4.78, 5) is 14.4. The van der Waals surface area contributed by atoms with Gasteiger partial charge in [0.05, 0.1) is 11.5 Å². The molecule has 8 aliphatic rings. The molecule has 13 atom stereocenters. The first-order valence-corrected chi connectivity index (χ1v) is 22.9. The molecule has 7 fully saturated rings. The van der Waals surface area contributed by atoms with Crippen molar-refractivity contribution in [2.75, 3.05) is 37.7 Å². The summed E-state index contributed by atoms with van der Waals surface area (Å²) >= 11 is 0. The van der Waals surface area contributed by atoms with Crippen LogP contribution in [0.1, 0.15) is 126 Å². The van der Waals surface area contributed by atoms with Crippen LogP contribution in [-0.2, 0) is 14.6 Å². The molecule has 1 aliphatic heterocycles. The third-order valence-electron chi connectivity index (χ3n) is 19.0. The van der Waals surface area contributed by atoms with Crippen LogP contribution in [0.4, 0.5) is 4.39 Å². The molecule has 51 heavy (non-hydrogen) atoms. The summed E-state index contributed by atoms with van der Waals surface area (Å²) in [5, 5.41) is 14.1. The fourth-order valence-electron chi connectivity index (χ4n) is 16.1. The van der Waals surface area contributed by atoms with Crippen molar-refractivity contribution in [2.45, 2.75) is 137 Å². The second-order valence-electron chi connectivity index (χ2n) is 21.1. The van der Waals surface area contributed by atoms with Crippen LogP contribution in [0.3, 0.4) is 0 Å². The Labute approximate surface area is 308 Å². The zero-order valence-electron chi connectivity index (χ0n) is 32.9. The number of nitrogens with one attached hydrogen (secondary N) is 1. The van der Waals surface area contributed by atoms with E-state index in [0.29, 0.717) is 77.9 Å². The number of sulfone groups is 1. The molecule has 0 amide bonds. The van der Waals surface area contributed by atoms with Crippen LogP contribution >= 0.6 is 0 Å². The van der Waals surface area contributed by atoms with E-state index >= 15 is 0 Å². The van der Waals surface area contributed by atoms with Gasteiger partial charge in [-0.1, -0.05) is 60.1 Å². The SMILES string of the molecule is CC(C)[C@@H]1CC[C@]2(NCCN3CCS(=O)(=O)CC3)CC[C@]3(C)[C@H](CC[C@@H]4[C@@]5(C)CC=C(C6CC[C@]7(C(=O)O)C(F)[C@@H]7C6)C(C)(C)[C@@H]5CC[C@]43C)[C@@H]12. The fraction of sp³-hybridized carbons (Fsp3) is 0.930. The van der Waals surface area contributed by atoms with Gasteiger partial charge in [-0.2, -0.15) is 0 Å². The van der Waals surface area contributed by atoms with E-state index in [1.54, 1.807) is 0 Å². The summed E-state index contributed by atoms with van der Waals surface area (Å²) in [6, 6.07) is 0. The Morgan fingerprint density at radius 3 is 2.31 bits per heavy atom. The lowest BCUT2D eigenvalue weighted by atomic mass is 9.32.